The maximum absolute atomic E-state index is 12.9. The first kappa shape index (κ1) is 17.4. The topological polar surface area (TPSA) is 75.2 Å². The monoisotopic (exact) mass is 361 g/mol. The molecule has 0 unspecified atom stereocenters. The number of thiophene rings is 1. The van der Waals surface area contributed by atoms with Gasteiger partial charge in [0.25, 0.3) is 5.91 Å². The molecular formula is C18H21N2O4S+. The maximum atomic E-state index is 12.9. The van der Waals surface area contributed by atoms with E-state index in [2.05, 4.69) is 0 Å². The number of nitrogens with zero attached hydrogens (tertiary/aromatic N) is 1. The summed E-state index contributed by atoms with van der Waals surface area (Å²) in [4.78, 5) is 28.7. The molecule has 7 heteroatoms. The molecule has 25 heavy (non-hydrogen) atoms. The van der Waals surface area contributed by atoms with Crippen molar-refractivity contribution in [2.75, 3.05) is 27.2 Å². The molecule has 0 saturated carbocycles. The number of amides is 1. The van der Waals surface area contributed by atoms with Crippen molar-refractivity contribution in [1.29, 1.82) is 0 Å². The van der Waals surface area contributed by atoms with Gasteiger partial charge in [0.1, 0.15) is 17.6 Å². The van der Waals surface area contributed by atoms with E-state index in [1.54, 1.807) is 36.6 Å². The quantitative estimate of drug-likeness (QED) is 0.762. The Bertz CT molecular complexity index is 820. The number of carbonyl (C=O) groups is 2. The van der Waals surface area contributed by atoms with Gasteiger partial charge in [0.2, 0.25) is 5.78 Å². The lowest BCUT2D eigenvalue weighted by Gasteiger charge is -2.25. The minimum Gasteiger partial charge on any atom is -0.503 e. The van der Waals surface area contributed by atoms with Crippen LogP contribution < -0.4 is 4.90 Å². The summed E-state index contributed by atoms with van der Waals surface area (Å²) in [6.45, 7) is 2.91. The molecule has 0 bridgehead atoms. The van der Waals surface area contributed by atoms with Gasteiger partial charge in [-0.3, -0.25) is 9.59 Å². The van der Waals surface area contributed by atoms with Crippen molar-refractivity contribution in [2.24, 2.45) is 0 Å². The van der Waals surface area contributed by atoms with Crippen molar-refractivity contribution in [1.82, 2.24) is 4.90 Å². The molecule has 2 N–H and O–H groups in total. The van der Waals surface area contributed by atoms with Crippen LogP contribution in [0.5, 0.6) is 0 Å². The highest BCUT2D eigenvalue weighted by molar-refractivity contribution is 7.12. The number of aliphatic hydroxyl groups is 1. The fourth-order valence-electron chi connectivity index (χ4n) is 2.90. The molecule has 2 aromatic heterocycles. The van der Waals surface area contributed by atoms with Crippen molar-refractivity contribution in [2.45, 2.75) is 13.0 Å². The molecule has 3 rings (SSSR count). The van der Waals surface area contributed by atoms with Gasteiger partial charge in [-0.25, -0.2) is 0 Å². The summed E-state index contributed by atoms with van der Waals surface area (Å²) in [6, 6.07) is 6.30. The molecule has 0 saturated heterocycles. The first-order chi connectivity index (χ1) is 11.9. The number of hydrogen-bond donors (Lipinski definition) is 2. The normalized spacial score (nSPS) is 17.8. The minimum absolute atomic E-state index is 0.0931. The number of aliphatic hydroxyl groups excluding tert-OH is 1. The maximum Gasteiger partial charge on any atom is 0.290 e. The highest BCUT2D eigenvalue weighted by Crippen LogP contribution is 2.39. The van der Waals surface area contributed by atoms with Gasteiger partial charge in [-0.2, -0.15) is 0 Å². The lowest BCUT2D eigenvalue weighted by atomic mass is 10.0. The lowest BCUT2D eigenvalue weighted by Crippen LogP contribution is -3.06. The summed E-state index contributed by atoms with van der Waals surface area (Å²) in [5.41, 5.74) is 0.0931. The Balaban J connectivity index is 2.03. The van der Waals surface area contributed by atoms with Gasteiger partial charge in [0.15, 0.2) is 5.76 Å². The molecule has 1 aliphatic rings. The first-order valence-corrected chi connectivity index (χ1v) is 8.95. The van der Waals surface area contributed by atoms with E-state index in [0.29, 0.717) is 29.5 Å². The Kier molecular flexibility index (Phi) is 4.78. The van der Waals surface area contributed by atoms with Crippen LogP contribution in [-0.2, 0) is 4.79 Å². The van der Waals surface area contributed by atoms with E-state index < -0.39 is 17.7 Å². The number of rotatable bonds is 6. The number of hydrogen-bond acceptors (Lipinski definition) is 5. The van der Waals surface area contributed by atoms with E-state index in [1.807, 2.05) is 14.1 Å². The van der Waals surface area contributed by atoms with Crippen LogP contribution in [0.15, 0.2) is 45.4 Å². The fourth-order valence-corrected chi connectivity index (χ4v) is 3.57. The molecule has 132 valence electrons. The number of likely N-dealkylation sites (N-methyl/N-ethyl adjacent to an activating group) is 1. The van der Waals surface area contributed by atoms with Crippen LogP contribution in [0.2, 0.25) is 0 Å². The number of quaternary nitrogens is 1. The second-order valence-corrected chi connectivity index (χ2v) is 7.32. The molecule has 0 spiro atoms. The molecule has 0 fully saturated rings. The van der Waals surface area contributed by atoms with E-state index in [-0.39, 0.29) is 11.4 Å². The number of furan rings is 1. The van der Waals surface area contributed by atoms with Gasteiger partial charge in [-0.15, -0.1) is 11.3 Å². The predicted molar refractivity (Wildman–Crippen MR) is 93.9 cm³/mol. The zero-order chi connectivity index (χ0) is 18.1. The van der Waals surface area contributed by atoms with E-state index in [0.717, 1.165) is 0 Å². The Labute approximate surface area is 150 Å². The van der Waals surface area contributed by atoms with Gasteiger partial charge in [-0.1, -0.05) is 6.07 Å². The van der Waals surface area contributed by atoms with Crippen LogP contribution in [0, 0.1) is 6.92 Å². The summed E-state index contributed by atoms with van der Waals surface area (Å²) in [7, 11) is 3.97. The Morgan fingerprint density at radius 2 is 2.12 bits per heavy atom. The molecule has 2 aromatic rings. The first-order valence-electron chi connectivity index (χ1n) is 8.07. The summed E-state index contributed by atoms with van der Waals surface area (Å²) >= 11 is 1.28. The third-order valence-corrected chi connectivity index (χ3v) is 5.05. The summed E-state index contributed by atoms with van der Waals surface area (Å²) in [5, 5.41) is 12.2. The van der Waals surface area contributed by atoms with Crippen molar-refractivity contribution >= 4 is 23.0 Å². The second kappa shape index (κ2) is 6.85. The van der Waals surface area contributed by atoms with Crippen molar-refractivity contribution in [3.63, 3.8) is 0 Å². The zero-order valence-electron chi connectivity index (χ0n) is 14.4. The van der Waals surface area contributed by atoms with Crippen molar-refractivity contribution in [3.05, 3.63) is 57.4 Å². The number of ketones is 1. The molecule has 0 radical (unpaired) electrons. The largest absolute Gasteiger partial charge is 0.503 e. The molecule has 1 aliphatic heterocycles. The third-order valence-electron chi connectivity index (χ3n) is 4.18. The van der Waals surface area contributed by atoms with Crippen molar-refractivity contribution in [3.8, 4) is 0 Å². The zero-order valence-corrected chi connectivity index (χ0v) is 15.2. The van der Waals surface area contributed by atoms with Crippen LogP contribution in [0.25, 0.3) is 0 Å². The van der Waals surface area contributed by atoms with Gasteiger partial charge in [0.05, 0.1) is 37.6 Å². The molecule has 0 aliphatic carbocycles. The summed E-state index contributed by atoms with van der Waals surface area (Å²) in [5.74, 6) is -0.162. The molecule has 6 nitrogen and oxygen atoms in total. The molecule has 3 heterocycles. The minimum atomic E-state index is -0.699. The Morgan fingerprint density at radius 3 is 2.68 bits per heavy atom. The number of Topliss-reactive ketones (excluding diaryl/α,β-unsaturated/α-hetero) is 1. The number of aryl methyl sites for hydroxylation is 1. The number of nitrogens with one attached hydrogen (secondary N) is 1. The SMILES string of the molecule is Cc1ccc([C@@H]2C(C(=O)c3cccs3)=C(O)C(=O)N2CC[NH+](C)C)o1. The van der Waals surface area contributed by atoms with E-state index >= 15 is 0 Å². The molecule has 1 amide bonds. The van der Waals surface area contributed by atoms with E-state index in [1.165, 1.54) is 21.1 Å². The fraction of sp³-hybridized carbons (Fsp3) is 0.333. The summed E-state index contributed by atoms with van der Waals surface area (Å²) in [6.07, 6.45) is 0. The van der Waals surface area contributed by atoms with Crippen LogP contribution in [0.4, 0.5) is 0 Å². The molecule has 0 aromatic carbocycles. The van der Waals surface area contributed by atoms with Gasteiger partial charge >= 0.3 is 0 Å². The smallest absolute Gasteiger partial charge is 0.290 e. The van der Waals surface area contributed by atoms with E-state index in [9.17, 15) is 14.7 Å². The highest BCUT2D eigenvalue weighted by Gasteiger charge is 2.45. The van der Waals surface area contributed by atoms with Crippen LogP contribution in [-0.4, -0.2) is 48.9 Å². The predicted octanol–water partition coefficient (Wildman–Crippen LogP) is 1.37. The van der Waals surface area contributed by atoms with Crippen LogP contribution in [0.1, 0.15) is 27.2 Å². The second-order valence-electron chi connectivity index (χ2n) is 6.38. The van der Waals surface area contributed by atoms with Crippen LogP contribution in [0.3, 0.4) is 0 Å². The van der Waals surface area contributed by atoms with Crippen LogP contribution >= 0.6 is 11.3 Å². The van der Waals surface area contributed by atoms with Gasteiger partial charge in [-0.05, 0) is 30.5 Å². The van der Waals surface area contributed by atoms with Gasteiger partial charge in [0, 0.05) is 0 Å². The highest BCUT2D eigenvalue weighted by atomic mass is 32.1. The van der Waals surface area contributed by atoms with E-state index in [4.69, 9.17) is 4.42 Å². The lowest BCUT2D eigenvalue weighted by molar-refractivity contribution is -0.857. The standard InChI is InChI=1S/C18H20N2O4S/c1-11-6-7-12(24-11)15-14(16(21)13-5-4-10-25-13)17(22)18(23)20(15)9-8-19(2)3/h4-7,10,15,22H,8-9H2,1-3H3/p+1/t15-/m1/s1. The summed E-state index contributed by atoms with van der Waals surface area (Å²) < 4.78 is 5.70. The Morgan fingerprint density at radius 1 is 1.36 bits per heavy atom. The average Bonchev–Trinajstić information content (AvgIpc) is 3.27. The average molecular weight is 361 g/mol. The molecule has 1 atom stereocenters. The van der Waals surface area contributed by atoms with Crippen molar-refractivity contribution < 1.29 is 24.0 Å². The third kappa shape index (κ3) is 3.25. The van der Waals surface area contributed by atoms with Gasteiger partial charge < -0.3 is 19.3 Å². The Hall–Kier alpha value is -2.38. The number of carbonyl (C=O) groups excluding carboxylic acids is 2. The molecular weight excluding hydrogens is 340 g/mol.